The van der Waals surface area contributed by atoms with Crippen molar-refractivity contribution in [2.75, 3.05) is 11.4 Å². The van der Waals surface area contributed by atoms with E-state index in [9.17, 15) is 15.2 Å². The molecule has 0 radical (unpaired) electrons. The summed E-state index contributed by atoms with van der Waals surface area (Å²) in [5.74, 6) is 0.388. The molecule has 3 aromatic rings. The van der Waals surface area contributed by atoms with Gasteiger partial charge in [-0.1, -0.05) is 19.1 Å². The molecule has 35 heavy (non-hydrogen) atoms. The van der Waals surface area contributed by atoms with Gasteiger partial charge in [-0.2, -0.15) is 5.26 Å². The van der Waals surface area contributed by atoms with Crippen molar-refractivity contribution in [3.8, 4) is 6.07 Å². The zero-order valence-electron chi connectivity index (χ0n) is 19.9. The maximum absolute atomic E-state index is 12.9. The molecule has 1 amide bonds. The number of aliphatic hydroxyl groups is 1. The van der Waals surface area contributed by atoms with Gasteiger partial charge in [0.15, 0.2) is 5.82 Å². The molecule has 2 aliphatic rings. The fraction of sp³-hybridized carbons (Fsp3) is 0.440. The number of aromatic nitrogens is 4. The molecule has 5 rings (SSSR count). The molecule has 1 aromatic carbocycles. The average Bonchev–Trinajstić information content (AvgIpc) is 3.36. The van der Waals surface area contributed by atoms with Gasteiger partial charge in [-0.25, -0.2) is 14.8 Å². The summed E-state index contributed by atoms with van der Waals surface area (Å²) in [6.07, 6.45) is 6.14. The Hall–Kier alpha value is -3.42. The summed E-state index contributed by atoms with van der Waals surface area (Å²) < 4.78 is 8.01. The lowest BCUT2D eigenvalue weighted by Gasteiger charge is -2.43. The molecule has 2 aromatic heterocycles. The Morgan fingerprint density at radius 3 is 2.77 bits per heavy atom. The second-order valence-corrected chi connectivity index (χ2v) is 10.8. The van der Waals surface area contributed by atoms with Gasteiger partial charge in [-0.05, 0) is 44.9 Å². The van der Waals surface area contributed by atoms with Crippen LogP contribution in [0.5, 0.6) is 0 Å². The topological polar surface area (TPSA) is 117 Å². The van der Waals surface area contributed by atoms with Crippen molar-refractivity contribution in [1.82, 2.24) is 19.5 Å². The van der Waals surface area contributed by atoms with Crippen LogP contribution in [0.15, 0.2) is 36.9 Å². The van der Waals surface area contributed by atoms with Crippen LogP contribution in [0.1, 0.15) is 51.3 Å². The van der Waals surface area contributed by atoms with Crippen LogP contribution in [0.3, 0.4) is 0 Å². The first-order chi connectivity index (χ1) is 16.5. The number of rotatable bonds is 4. The van der Waals surface area contributed by atoms with Crippen LogP contribution >= 0.6 is 12.2 Å². The van der Waals surface area contributed by atoms with Gasteiger partial charge in [0.25, 0.3) is 0 Å². The van der Waals surface area contributed by atoms with Crippen LogP contribution in [0.2, 0.25) is 0 Å². The number of ether oxygens (including phenoxy) is 1. The normalized spacial score (nSPS) is 24.7. The van der Waals surface area contributed by atoms with Crippen LogP contribution in [0.25, 0.3) is 11.0 Å². The first kappa shape index (κ1) is 23.3. The number of benzene rings is 1. The van der Waals surface area contributed by atoms with E-state index in [0.29, 0.717) is 49.4 Å². The minimum absolute atomic E-state index is 0.351. The van der Waals surface area contributed by atoms with E-state index < -0.39 is 22.7 Å². The maximum atomic E-state index is 12.9. The summed E-state index contributed by atoms with van der Waals surface area (Å²) in [4.78, 5) is 28.4. The number of nitrogens with zero attached hydrogens (tertiary/aromatic N) is 6. The Morgan fingerprint density at radius 2 is 2.09 bits per heavy atom. The molecule has 1 N–H and O–H groups in total. The number of nitriles is 1. The minimum Gasteiger partial charge on any atom is -0.441 e. The molecular weight excluding hydrogens is 464 g/mol. The molecule has 1 saturated heterocycles. The lowest BCUT2D eigenvalue weighted by Crippen LogP contribution is -2.49. The van der Waals surface area contributed by atoms with Crippen molar-refractivity contribution in [2.45, 2.75) is 57.8 Å². The molecule has 0 unspecified atom stereocenters. The summed E-state index contributed by atoms with van der Waals surface area (Å²) in [6.45, 7) is 6.28. The molecule has 1 aliphatic heterocycles. The zero-order valence-corrected chi connectivity index (χ0v) is 20.7. The van der Waals surface area contributed by atoms with E-state index >= 15 is 0 Å². The second-order valence-electron chi connectivity index (χ2n) is 10.3. The van der Waals surface area contributed by atoms with Crippen molar-refractivity contribution in [3.63, 3.8) is 0 Å². The highest BCUT2D eigenvalue weighted by atomic mass is 32.1. The van der Waals surface area contributed by atoms with Crippen LogP contribution in [0, 0.1) is 16.7 Å². The molecule has 180 valence electrons. The number of carbonyl (C=O) groups is 1. The van der Waals surface area contributed by atoms with Crippen LogP contribution in [-0.4, -0.2) is 47.7 Å². The van der Waals surface area contributed by atoms with Crippen molar-refractivity contribution >= 4 is 40.0 Å². The highest BCUT2D eigenvalue weighted by molar-refractivity contribution is 7.80. The van der Waals surface area contributed by atoms with Gasteiger partial charge in [0.2, 0.25) is 0 Å². The predicted molar refractivity (Wildman–Crippen MR) is 133 cm³/mol. The molecular formula is C25H26N6O3S. The van der Waals surface area contributed by atoms with Gasteiger partial charge >= 0.3 is 6.09 Å². The Labute approximate surface area is 208 Å². The predicted octanol–water partition coefficient (Wildman–Crippen LogP) is 3.88. The number of hydrogen-bond donors (Lipinski definition) is 1. The van der Waals surface area contributed by atoms with Crippen LogP contribution < -0.4 is 4.90 Å². The quantitative estimate of drug-likeness (QED) is 0.548. The van der Waals surface area contributed by atoms with Gasteiger partial charge < -0.3 is 14.4 Å². The fourth-order valence-electron chi connectivity index (χ4n) is 5.11. The monoisotopic (exact) mass is 490 g/mol. The highest BCUT2D eigenvalue weighted by Crippen LogP contribution is 2.46. The zero-order chi connectivity index (χ0) is 25.0. The van der Waals surface area contributed by atoms with E-state index in [2.05, 4.69) is 27.9 Å². The van der Waals surface area contributed by atoms with E-state index in [1.54, 1.807) is 26.2 Å². The molecule has 3 heterocycles. The fourth-order valence-corrected chi connectivity index (χ4v) is 5.35. The number of amides is 1. The molecule has 2 atom stereocenters. The average molecular weight is 491 g/mol. The van der Waals surface area contributed by atoms with Crippen molar-refractivity contribution in [3.05, 3.63) is 48.2 Å². The van der Waals surface area contributed by atoms with Crippen molar-refractivity contribution < 1.29 is 14.6 Å². The van der Waals surface area contributed by atoms with Gasteiger partial charge in [-0.3, -0.25) is 9.88 Å². The number of fused-ring (bicyclic) bond motifs is 1. The van der Waals surface area contributed by atoms with E-state index in [0.717, 1.165) is 15.9 Å². The summed E-state index contributed by atoms with van der Waals surface area (Å²) in [5, 5.41) is 19.4. The van der Waals surface area contributed by atoms with E-state index in [-0.39, 0.29) is 0 Å². The van der Waals surface area contributed by atoms with Gasteiger partial charge in [-0.15, -0.1) is 0 Å². The van der Waals surface area contributed by atoms with E-state index in [4.69, 9.17) is 17.0 Å². The largest absolute Gasteiger partial charge is 0.441 e. The Balaban J connectivity index is 1.40. The van der Waals surface area contributed by atoms with Gasteiger partial charge in [0, 0.05) is 23.2 Å². The summed E-state index contributed by atoms with van der Waals surface area (Å²) in [5.41, 5.74) is 0.450. The Kier molecular flexibility index (Phi) is 5.38. The third-order valence-corrected chi connectivity index (χ3v) is 7.67. The molecule has 0 bridgehead atoms. The lowest BCUT2D eigenvalue weighted by molar-refractivity contribution is 0.0113. The third-order valence-electron chi connectivity index (χ3n) is 6.97. The standard InChI is InChI=1S/C25H26N6O3S/c1-23(2,33)19-10-28-21(11-27-19)31-14-25(34-22(31)32)7-6-20(35)24(3,12-25)13-30-15-29-17-5-4-16(9-26)8-18(17)30/h4-5,8,10-11,15,33H,6-7,12-14H2,1-3H3/t24-,25-/m0/s1. The van der Waals surface area contributed by atoms with Crippen LogP contribution in [0.4, 0.5) is 10.6 Å². The molecule has 10 heteroatoms. The Morgan fingerprint density at radius 1 is 1.29 bits per heavy atom. The number of anilines is 1. The van der Waals surface area contributed by atoms with E-state index in [1.165, 1.54) is 17.3 Å². The van der Waals surface area contributed by atoms with Crippen molar-refractivity contribution in [2.24, 2.45) is 5.41 Å². The lowest BCUT2D eigenvalue weighted by atomic mass is 9.68. The van der Waals surface area contributed by atoms with Gasteiger partial charge in [0.05, 0.1) is 53.6 Å². The molecule has 9 nitrogen and oxygen atoms in total. The molecule has 1 spiro atoms. The highest BCUT2D eigenvalue weighted by Gasteiger charge is 2.53. The SMILES string of the molecule is CC(C)(O)c1cnc(N2C[C@@]3(CCC(=S)[C@](C)(Cn4cnc5ccc(C#N)cc54)C3)OC2=O)cn1. The first-order valence-corrected chi connectivity index (χ1v) is 11.9. The number of hydrogen-bond acceptors (Lipinski definition) is 8. The summed E-state index contributed by atoms with van der Waals surface area (Å²) in [7, 11) is 0. The molecule has 2 fully saturated rings. The minimum atomic E-state index is -1.12. The molecule has 1 aliphatic carbocycles. The Bertz CT molecular complexity index is 1370. The number of carbonyl (C=O) groups excluding carboxylic acids is 1. The maximum Gasteiger partial charge on any atom is 0.416 e. The number of thiocarbonyl (C=S) groups is 1. The van der Waals surface area contributed by atoms with E-state index in [1.807, 2.05) is 16.7 Å². The third kappa shape index (κ3) is 4.15. The summed E-state index contributed by atoms with van der Waals surface area (Å²) >= 11 is 5.82. The van der Waals surface area contributed by atoms with Crippen molar-refractivity contribution in [1.29, 1.82) is 5.26 Å². The van der Waals surface area contributed by atoms with Gasteiger partial charge in [0.1, 0.15) is 11.2 Å². The smallest absolute Gasteiger partial charge is 0.416 e. The first-order valence-electron chi connectivity index (χ1n) is 11.5. The number of imidazole rings is 1. The second kappa shape index (κ2) is 8.07. The summed E-state index contributed by atoms with van der Waals surface area (Å²) in [6, 6.07) is 7.61. The molecule has 1 saturated carbocycles. The van der Waals surface area contributed by atoms with Crippen LogP contribution in [-0.2, 0) is 16.9 Å².